The summed E-state index contributed by atoms with van der Waals surface area (Å²) in [4.78, 5) is 31.7. The van der Waals surface area contributed by atoms with Gasteiger partial charge < -0.3 is 15.6 Å². The van der Waals surface area contributed by atoms with Crippen LogP contribution in [-0.2, 0) is 6.42 Å². The van der Waals surface area contributed by atoms with Gasteiger partial charge in [0.2, 0.25) is 5.95 Å². The van der Waals surface area contributed by atoms with Crippen LogP contribution in [0.4, 0.5) is 21.7 Å². The van der Waals surface area contributed by atoms with Gasteiger partial charge >= 0.3 is 0 Å². The maximum atomic E-state index is 14.8. The number of nitrogens with one attached hydrogen (secondary N) is 3. The van der Waals surface area contributed by atoms with Crippen molar-refractivity contribution in [2.45, 2.75) is 33.1 Å². The Morgan fingerprint density at radius 2 is 2.03 bits per heavy atom. The Morgan fingerprint density at radius 1 is 1.16 bits per heavy atom. The Balaban J connectivity index is 1.78. The van der Waals surface area contributed by atoms with Gasteiger partial charge in [-0.3, -0.25) is 9.78 Å². The number of H-pyrrole nitrogens is 1. The molecule has 8 nitrogen and oxygen atoms in total. The highest BCUT2D eigenvalue weighted by Gasteiger charge is 2.19. The molecule has 0 amide bonds. The van der Waals surface area contributed by atoms with Gasteiger partial charge in [0.05, 0.1) is 22.8 Å². The first kappa shape index (κ1) is 21.4. The van der Waals surface area contributed by atoms with Gasteiger partial charge in [-0.15, -0.1) is 0 Å². The van der Waals surface area contributed by atoms with E-state index in [1.807, 2.05) is 19.1 Å². The van der Waals surface area contributed by atoms with E-state index in [2.05, 4.69) is 42.5 Å². The second kappa shape index (κ2) is 9.51. The molecule has 4 heterocycles. The molecule has 32 heavy (non-hydrogen) atoms. The number of aldehydes is 1. The van der Waals surface area contributed by atoms with E-state index in [1.54, 1.807) is 18.5 Å². The predicted molar refractivity (Wildman–Crippen MR) is 123 cm³/mol. The van der Waals surface area contributed by atoms with Gasteiger partial charge in [0.1, 0.15) is 23.6 Å². The molecule has 0 aromatic carbocycles. The van der Waals surface area contributed by atoms with Crippen LogP contribution in [0.1, 0.15) is 42.7 Å². The zero-order chi connectivity index (χ0) is 22.5. The summed E-state index contributed by atoms with van der Waals surface area (Å²) in [6.45, 7) is 4.87. The first-order valence-electron chi connectivity index (χ1n) is 10.6. The lowest BCUT2D eigenvalue weighted by molar-refractivity contribution is 0.111. The molecule has 4 rings (SSSR count). The van der Waals surface area contributed by atoms with Crippen molar-refractivity contribution in [3.05, 3.63) is 54.1 Å². The van der Waals surface area contributed by atoms with Crippen molar-refractivity contribution in [3.8, 4) is 11.1 Å². The van der Waals surface area contributed by atoms with Crippen LogP contribution in [0, 0.1) is 5.95 Å². The monoisotopic (exact) mass is 433 g/mol. The number of aromatic amines is 1. The molecule has 0 atom stereocenters. The number of fused-ring (bicyclic) bond motifs is 1. The molecular weight excluding hydrogens is 409 g/mol. The van der Waals surface area contributed by atoms with Gasteiger partial charge in [-0.1, -0.05) is 20.3 Å². The zero-order valence-corrected chi connectivity index (χ0v) is 17.9. The van der Waals surface area contributed by atoms with Crippen LogP contribution >= 0.6 is 0 Å². The second-order valence-corrected chi connectivity index (χ2v) is 7.32. The van der Waals surface area contributed by atoms with Gasteiger partial charge in [-0.2, -0.15) is 4.39 Å². The van der Waals surface area contributed by atoms with Crippen LogP contribution in [0.25, 0.3) is 22.2 Å². The summed E-state index contributed by atoms with van der Waals surface area (Å²) in [6.07, 6.45) is 8.15. The number of hydrogen-bond donors (Lipinski definition) is 3. The normalized spacial score (nSPS) is 11.0. The quantitative estimate of drug-likeness (QED) is 0.196. The molecule has 0 aliphatic heterocycles. The van der Waals surface area contributed by atoms with E-state index in [9.17, 15) is 9.18 Å². The molecule has 0 unspecified atom stereocenters. The average Bonchev–Trinajstić information content (AvgIpc) is 3.24. The fourth-order valence-corrected chi connectivity index (χ4v) is 3.47. The Kier molecular flexibility index (Phi) is 6.34. The molecule has 0 saturated carbocycles. The smallest absolute Gasteiger partial charge is 0.226 e. The van der Waals surface area contributed by atoms with Crippen molar-refractivity contribution in [1.82, 2.24) is 24.9 Å². The van der Waals surface area contributed by atoms with E-state index in [4.69, 9.17) is 0 Å². The lowest BCUT2D eigenvalue weighted by Gasteiger charge is -2.12. The van der Waals surface area contributed by atoms with Crippen LogP contribution in [-0.4, -0.2) is 37.8 Å². The van der Waals surface area contributed by atoms with Crippen molar-refractivity contribution in [1.29, 1.82) is 0 Å². The predicted octanol–water partition coefficient (Wildman–Crippen LogP) is 4.88. The average molecular weight is 433 g/mol. The number of rotatable bonds is 9. The van der Waals surface area contributed by atoms with Gasteiger partial charge in [-0.05, 0) is 31.0 Å². The lowest BCUT2D eigenvalue weighted by atomic mass is 10.0. The standard InChI is InChI=1S/C23H24FN7O/c1-3-5-8-25-22-20-17(11-27-23(20)29-13-28-22)16-9-19(31-21(24)18(16)12-32)30-15-7-6-14(4-2)26-10-15/h6-7,9-13H,3-5,8H2,1-2H3,(H,30,31)(H2,25,27,28,29). The summed E-state index contributed by atoms with van der Waals surface area (Å²) in [7, 11) is 0. The van der Waals surface area contributed by atoms with Gasteiger partial charge in [0, 0.05) is 29.6 Å². The number of nitrogens with zero attached hydrogens (tertiary/aromatic N) is 4. The summed E-state index contributed by atoms with van der Waals surface area (Å²) in [6, 6.07) is 5.39. The molecule has 0 aliphatic rings. The number of pyridine rings is 2. The largest absolute Gasteiger partial charge is 0.369 e. The van der Waals surface area contributed by atoms with Crippen LogP contribution in [0.3, 0.4) is 0 Å². The van der Waals surface area contributed by atoms with Crippen molar-refractivity contribution in [2.24, 2.45) is 0 Å². The second-order valence-electron chi connectivity index (χ2n) is 7.32. The molecule has 9 heteroatoms. The van der Waals surface area contributed by atoms with Crippen LogP contribution in [0.15, 0.2) is 36.9 Å². The summed E-state index contributed by atoms with van der Waals surface area (Å²) >= 11 is 0. The Morgan fingerprint density at radius 3 is 2.75 bits per heavy atom. The number of aromatic nitrogens is 5. The summed E-state index contributed by atoms with van der Waals surface area (Å²) in [5, 5.41) is 7.07. The molecular formula is C23H24FN7O. The van der Waals surface area contributed by atoms with Crippen molar-refractivity contribution < 1.29 is 9.18 Å². The Bertz CT molecular complexity index is 1240. The highest BCUT2D eigenvalue weighted by atomic mass is 19.1. The third-order valence-corrected chi connectivity index (χ3v) is 5.17. The third-order valence-electron chi connectivity index (χ3n) is 5.17. The fraction of sp³-hybridized carbons (Fsp3) is 0.261. The van der Waals surface area contributed by atoms with Crippen LogP contribution in [0.2, 0.25) is 0 Å². The maximum Gasteiger partial charge on any atom is 0.226 e. The molecule has 0 bridgehead atoms. The van der Waals surface area contributed by atoms with Gasteiger partial charge in [-0.25, -0.2) is 15.0 Å². The number of carbonyl (C=O) groups excluding carboxylic acids is 1. The van der Waals surface area contributed by atoms with E-state index in [-0.39, 0.29) is 11.4 Å². The lowest BCUT2D eigenvalue weighted by Crippen LogP contribution is -2.05. The number of halogens is 1. The number of aryl methyl sites for hydroxylation is 1. The zero-order valence-electron chi connectivity index (χ0n) is 17.9. The number of anilines is 3. The minimum Gasteiger partial charge on any atom is -0.369 e. The van der Waals surface area contributed by atoms with Crippen LogP contribution in [0.5, 0.6) is 0 Å². The van der Waals surface area contributed by atoms with E-state index in [0.29, 0.717) is 40.0 Å². The third kappa shape index (κ3) is 4.27. The first-order valence-corrected chi connectivity index (χ1v) is 10.6. The SMILES string of the molecule is CCCCNc1ncnc2[nH]cc(-c3cc(Nc4ccc(CC)nc4)nc(F)c3C=O)c12. The maximum absolute atomic E-state index is 14.8. The molecule has 0 spiro atoms. The number of unbranched alkanes of at least 4 members (excludes halogenated alkanes) is 1. The molecule has 164 valence electrons. The molecule has 0 saturated heterocycles. The molecule has 3 N–H and O–H groups in total. The summed E-state index contributed by atoms with van der Waals surface area (Å²) in [5.41, 5.74) is 3.10. The number of carbonyl (C=O) groups is 1. The summed E-state index contributed by atoms with van der Waals surface area (Å²) in [5.74, 6) is 0.0355. The molecule has 0 fully saturated rings. The summed E-state index contributed by atoms with van der Waals surface area (Å²) < 4.78 is 14.8. The molecule has 4 aromatic rings. The van der Waals surface area contributed by atoms with Gasteiger partial charge in [0.25, 0.3) is 0 Å². The minimum absolute atomic E-state index is 0.126. The first-order chi connectivity index (χ1) is 15.6. The van der Waals surface area contributed by atoms with E-state index >= 15 is 0 Å². The molecule has 0 radical (unpaired) electrons. The van der Waals surface area contributed by atoms with E-state index < -0.39 is 5.95 Å². The molecule has 4 aromatic heterocycles. The highest BCUT2D eigenvalue weighted by Crippen LogP contribution is 2.35. The molecule has 0 aliphatic carbocycles. The van der Waals surface area contributed by atoms with Crippen molar-refractivity contribution >= 4 is 34.6 Å². The topological polar surface area (TPSA) is 108 Å². The number of hydrogen-bond acceptors (Lipinski definition) is 7. The van der Waals surface area contributed by atoms with Crippen molar-refractivity contribution in [3.63, 3.8) is 0 Å². The van der Waals surface area contributed by atoms with E-state index in [0.717, 1.165) is 31.5 Å². The Labute approximate surface area is 184 Å². The van der Waals surface area contributed by atoms with E-state index in [1.165, 1.54) is 6.33 Å². The minimum atomic E-state index is -0.857. The Hall–Kier alpha value is -3.88. The van der Waals surface area contributed by atoms with Gasteiger partial charge in [0.15, 0.2) is 6.29 Å². The fourth-order valence-electron chi connectivity index (χ4n) is 3.47. The van der Waals surface area contributed by atoms with Crippen molar-refractivity contribution in [2.75, 3.05) is 17.2 Å². The van der Waals surface area contributed by atoms with Crippen LogP contribution < -0.4 is 10.6 Å². The highest BCUT2D eigenvalue weighted by molar-refractivity contribution is 6.04.